The predicted octanol–water partition coefficient (Wildman–Crippen LogP) is 4.48. The maximum absolute atomic E-state index is 5.29. The van der Waals surface area contributed by atoms with Gasteiger partial charge in [0.1, 0.15) is 21.9 Å². The lowest BCUT2D eigenvalue weighted by Crippen LogP contribution is -1.89. The lowest BCUT2D eigenvalue weighted by atomic mass is 10.2. The quantitative estimate of drug-likeness (QED) is 0.522. The summed E-state index contributed by atoms with van der Waals surface area (Å²) < 4.78 is 5.29. The van der Waals surface area contributed by atoms with Crippen molar-refractivity contribution in [3.8, 4) is 5.75 Å². The molecule has 1 aromatic carbocycles. The van der Waals surface area contributed by atoms with E-state index in [4.69, 9.17) is 4.74 Å². The number of ether oxygens (including phenoxy) is 1. The Morgan fingerprint density at radius 2 is 2.23 bits per heavy atom. The monoisotopic (exact) mass is 328 g/mol. The first-order valence-corrected chi connectivity index (χ1v) is 9.16. The molecule has 4 rings (SSSR count). The molecular formula is C17H16N2OS2. The summed E-state index contributed by atoms with van der Waals surface area (Å²) in [5.41, 5.74) is 2.75. The Labute approximate surface area is 137 Å². The Morgan fingerprint density at radius 3 is 3.14 bits per heavy atom. The van der Waals surface area contributed by atoms with Crippen LogP contribution in [0.2, 0.25) is 0 Å². The molecule has 2 aromatic heterocycles. The number of aromatic nitrogens is 2. The van der Waals surface area contributed by atoms with Crippen LogP contribution in [0.15, 0.2) is 35.6 Å². The summed E-state index contributed by atoms with van der Waals surface area (Å²) in [5, 5.41) is 2.42. The fourth-order valence-electron chi connectivity index (χ4n) is 2.92. The van der Waals surface area contributed by atoms with Gasteiger partial charge in [0.2, 0.25) is 0 Å². The lowest BCUT2D eigenvalue weighted by Gasteiger charge is -2.06. The van der Waals surface area contributed by atoms with Gasteiger partial charge in [0.15, 0.2) is 0 Å². The third-order valence-electron chi connectivity index (χ3n) is 3.98. The van der Waals surface area contributed by atoms with Crippen LogP contribution in [0, 0.1) is 0 Å². The molecule has 112 valence electrons. The van der Waals surface area contributed by atoms with E-state index in [1.807, 2.05) is 23.5 Å². The van der Waals surface area contributed by atoms with E-state index >= 15 is 0 Å². The van der Waals surface area contributed by atoms with Crippen molar-refractivity contribution in [1.82, 2.24) is 9.97 Å². The van der Waals surface area contributed by atoms with E-state index in [2.05, 4.69) is 22.1 Å². The van der Waals surface area contributed by atoms with Gasteiger partial charge in [0, 0.05) is 16.0 Å². The van der Waals surface area contributed by atoms with Gasteiger partial charge in [-0.3, -0.25) is 0 Å². The van der Waals surface area contributed by atoms with Gasteiger partial charge in [-0.2, -0.15) is 0 Å². The Morgan fingerprint density at radius 1 is 1.27 bits per heavy atom. The van der Waals surface area contributed by atoms with Gasteiger partial charge in [-0.1, -0.05) is 12.1 Å². The largest absolute Gasteiger partial charge is 0.497 e. The minimum atomic E-state index is 0.897. The van der Waals surface area contributed by atoms with E-state index in [1.165, 1.54) is 40.7 Å². The van der Waals surface area contributed by atoms with Gasteiger partial charge in [-0.05, 0) is 42.5 Å². The topological polar surface area (TPSA) is 35.0 Å². The van der Waals surface area contributed by atoms with E-state index in [-0.39, 0.29) is 0 Å². The minimum Gasteiger partial charge on any atom is -0.497 e. The second kappa shape index (κ2) is 5.89. The highest BCUT2D eigenvalue weighted by atomic mass is 32.2. The summed E-state index contributed by atoms with van der Waals surface area (Å²) in [4.78, 5) is 11.7. The number of benzene rings is 1. The third-order valence-corrected chi connectivity index (χ3v) is 6.24. The van der Waals surface area contributed by atoms with Crippen molar-refractivity contribution >= 4 is 33.3 Å². The van der Waals surface area contributed by atoms with Crippen LogP contribution in [-0.4, -0.2) is 17.1 Å². The number of aryl methyl sites for hydroxylation is 2. The highest BCUT2D eigenvalue weighted by molar-refractivity contribution is 7.98. The fraction of sp³-hybridized carbons (Fsp3) is 0.294. The van der Waals surface area contributed by atoms with Gasteiger partial charge >= 0.3 is 0 Å². The van der Waals surface area contributed by atoms with Crippen LogP contribution < -0.4 is 4.74 Å². The van der Waals surface area contributed by atoms with Crippen molar-refractivity contribution in [1.29, 1.82) is 0 Å². The molecule has 1 aliphatic rings. The SMILES string of the molecule is COc1cccc(CSc2ncnc3sc4c(c23)CCC4)c1. The maximum Gasteiger partial charge on any atom is 0.128 e. The van der Waals surface area contributed by atoms with Gasteiger partial charge in [0.25, 0.3) is 0 Å². The molecule has 0 fully saturated rings. The van der Waals surface area contributed by atoms with Crippen molar-refractivity contribution in [3.05, 3.63) is 46.6 Å². The summed E-state index contributed by atoms with van der Waals surface area (Å²) in [5.74, 6) is 1.80. The van der Waals surface area contributed by atoms with Crippen LogP contribution in [0.25, 0.3) is 10.2 Å². The molecule has 0 saturated heterocycles. The second-order valence-electron chi connectivity index (χ2n) is 5.36. The van der Waals surface area contributed by atoms with E-state index < -0.39 is 0 Å². The van der Waals surface area contributed by atoms with Crippen molar-refractivity contribution in [2.45, 2.75) is 30.0 Å². The molecule has 22 heavy (non-hydrogen) atoms. The van der Waals surface area contributed by atoms with Gasteiger partial charge in [-0.15, -0.1) is 23.1 Å². The smallest absolute Gasteiger partial charge is 0.128 e. The molecule has 0 N–H and O–H groups in total. The van der Waals surface area contributed by atoms with Crippen molar-refractivity contribution in [2.24, 2.45) is 0 Å². The number of methoxy groups -OCH3 is 1. The fourth-order valence-corrected chi connectivity index (χ4v) is 5.19. The summed E-state index contributed by atoms with van der Waals surface area (Å²) >= 11 is 3.64. The van der Waals surface area contributed by atoms with E-state index in [9.17, 15) is 0 Å². The number of thioether (sulfide) groups is 1. The first-order chi connectivity index (χ1) is 10.8. The van der Waals surface area contributed by atoms with Crippen molar-refractivity contribution < 1.29 is 4.74 Å². The lowest BCUT2D eigenvalue weighted by molar-refractivity contribution is 0.414. The molecule has 0 aliphatic heterocycles. The molecule has 0 bridgehead atoms. The predicted molar refractivity (Wildman–Crippen MR) is 92.0 cm³/mol. The van der Waals surface area contributed by atoms with Crippen LogP contribution in [-0.2, 0) is 18.6 Å². The first kappa shape index (κ1) is 14.0. The van der Waals surface area contributed by atoms with Crippen LogP contribution in [0.1, 0.15) is 22.4 Å². The Hall–Kier alpha value is -1.59. The molecule has 5 heteroatoms. The summed E-state index contributed by atoms with van der Waals surface area (Å²) in [6.45, 7) is 0. The normalized spacial score (nSPS) is 13.5. The molecule has 3 aromatic rings. The molecule has 0 atom stereocenters. The first-order valence-electron chi connectivity index (χ1n) is 7.36. The average Bonchev–Trinajstić information content (AvgIpc) is 3.13. The molecule has 3 nitrogen and oxygen atoms in total. The zero-order valence-corrected chi connectivity index (χ0v) is 14.0. The summed E-state index contributed by atoms with van der Waals surface area (Å²) in [6, 6.07) is 8.23. The third kappa shape index (κ3) is 2.48. The van der Waals surface area contributed by atoms with E-state index in [0.717, 1.165) is 21.4 Å². The summed E-state index contributed by atoms with van der Waals surface area (Å²) in [7, 11) is 1.70. The number of hydrogen-bond acceptors (Lipinski definition) is 5. The molecule has 0 radical (unpaired) electrons. The van der Waals surface area contributed by atoms with Crippen LogP contribution in [0.5, 0.6) is 5.75 Å². The number of thiophene rings is 1. The van der Waals surface area contributed by atoms with Crippen molar-refractivity contribution in [2.75, 3.05) is 7.11 Å². The zero-order valence-electron chi connectivity index (χ0n) is 12.3. The van der Waals surface area contributed by atoms with E-state index in [1.54, 1.807) is 25.2 Å². The van der Waals surface area contributed by atoms with Crippen LogP contribution in [0.4, 0.5) is 0 Å². The number of rotatable bonds is 4. The molecule has 0 amide bonds. The molecular weight excluding hydrogens is 312 g/mol. The van der Waals surface area contributed by atoms with Crippen molar-refractivity contribution in [3.63, 3.8) is 0 Å². The molecule has 0 unspecified atom stereocenters. The Bertz CT molecular complexity index is 829. The zero-order chi connectivity index (χ0) is 14.9. The Kier molecular flexibility index (Phi) is 3.76. The average molecular weight is 328 g/mol. The van der Waals surface area contributed by atoms with Gasteiger partial charge in [0.05, 0.1) is 7.11 Å². The molecule has 0 spiro atoms. The molecule has 1 aliphatic carbocycles. The standard InChI is InChI=1S/C17H16N2OS2/c1-20-12-5-2-4-11(8-12)9-21-16-15-13-6-3-7-14(13)22-17(15)19-10-18-16/h2,4-5,8,10H,3,6-7,9H2,1H3. The number of hydrogen-bond donors (Lipinski definition) is 0. The highest BCUT2D eigenvalue weighted by Crippen LogP contribution is 2.40. The number of nitrogens with zero attached hydrogens (tertiary/aromatic N) is 2. The van der Waals surface area contributed by atoms with Gasteiger partial charge in [-0.25, -0.2) is 9.97 Å². The molecule has 2 heterocycles. The Balaban J connectivity index is 1.64. The number of fused-ring (bicyclic) bond motifs is 3. The van der Waals surface area contributed by atoms with Gasteiger partial charge < -0.3 is 4.74 Å². The second-order valence-corrected chi connectivity index (χ2v) is 7.40. The highest BCUT2D eigenvalue weighted by Gasteiger charge is 2.21. The maximum atomic E-state index is 5.29. The minimum absolute atomic E-state index is 0.897. The van der Waals surface area contributed by atoms with Crippen LogP contribution >= 0.6 is 23.1 Å². The van der Waals surface area contributed by atoms with Crippen LogP contribution in [0.3, 0.4) is 0 Å². The molecule has 0 saturated carbocycles. The summed E-state index contributed by atoms with van der Waals surface area (Å²) in [6.07, 6.45) is 5.35. The van der Waals surface area contributed by atoms with E-state index in [0.29, 0.717) is 0 Å².